The summed E-state index contributed by atoms with van der Waals surface area (Å²) in [4.78, 5) is 24.2. The smallest absolute Gasteiger partial charge is 0.416 e. The molecule has 1 amide bonds. The molecule has 11 heteroatoms. The first-order chi connectivity index (χ1) is 15.8. The monoisotopic (exact) mass is 485 g/mol. The predicted octanol–water partition coefficient (Wildman–Crippen LogP) is 5.98. The molecule has 2 aromatic carbocycles. The van der Waals surface area contributed by atoms with E-state index in [1.165, 1.54) is 25.3 Å². The molecular weight excluding hydrogens is 468 g/mol. The van der Waals surface area contributed by atoms with Crippen LogP contribution in [-0.4, -0.2) is 25.2 Å². The van der Waals surface area contributed by atoms with Gasteiger partial charge in [0, 0.05) is 11.5 Å². The topological polar surface area (TPSA) is 68.5 Å². The van der Waals surface area contributed by atoms with Crippen LogP contribution in [0, 0.1) is 6.92 Å². The van der Waals surface area contributed by atoms with Gasteiger partial charge >= 0.3 is 18.3 Å². The summed E-state index contributed by atoms with van der Waals surface area (Å²) in [6, 6.07) is 4.38. The van der Waals surface area contributed by atoms with Crippen LogP contribution in [0.3, 0.4) is 0 Å². The number of fused-ring (bicyclic) bond motifs is 1. The van der Waals surface area contributed by atoms with E-state index in [0.717, 1.165) is 18.2 Å². The van der Waals surface area contributed by atoms with Crippen molar-refractivity contribution in [3.63, 3.8) is 0 Å². The number of nitrogens with one attached hydrogen (secondary N) is 1. The van der Waals surface area contributed by atoms with Crippen LogP contribution < -0.4 is 5.32 Å². The number of alkyl halides is 6. The summed E-state index contributed by atoms with van der Waals surface area (Å²) in [5.74, 6) is -1.42. The number of furan rings is 1. The van der Waals surface area contributed by atoms with Gasteiger partial charge in [0.2, 0.25) is 5.91 Å². The third-order valence-electron chi connectivity index (χ3n) is 4.82. The fourth-order valence-corrected chi connectivity index (χ4v) is 3.29. The fourth-order valence-electron chi connectivity index (χ4n) is 3.29. The predicted molar refractivity (Wildman–Crippen MR) is 110 cm³/mol. The lowest BCUT2D eigenvalue weighted by Crippen LogP contribution is -2.37. The molecule has 5 nitrogen and oxygen atoms in total. The third-order valence-corrected chi connectivity index (χ3v) is 4.82. The molecule has 0 aliphatic rings. The van der Waals surface area contributed by atoms with Crippen LogP contribution >= 0.6 is 0 Å². The summed E-state index contributed by atoms with van der Waals surface area (Å²) in [7, 11) is 1.18. The van der Waals surface area contributed by atoms with Gasteiger partial charge in [0.1, 0.15) is 16.9 Å². The molecule has 0 saturated heterocycles. The SMILES string of the molecule is COC(=O)c1ccc(C=CC(=O)NC(c2cccc(C(F)(F)F)c2)C(F)(F)F)c2cc(C)oc12. The van der Waals surface area contributed by atoms with Crippen LogP contribution in [0.2, 0.25) is 0 Å². The van der Waals surface area contributed by atoms with E-state index in [2.05, 4.69) is 4.74 Å². The molecule has 0 bridgehead atoms. The quantitative estimate of drug-likeness (QED) is 0.274. The summed E-state index contributed by atoms with van der Waals surface area (Å²) in [6.45, 7) is 1.62. The minimum atomic E-state index is -5.05. The Morgan fingerprint density at radius 1 is 1.06 bits per heavy atom. The van der Waals surface area contributed by atoms with E-state index in [9.17, 15) is 35.9 Å². The number of amides is 1. The fraction of sp³-hybridized carbons (Fsp3) is 0.217. The van der Waals surface area contributed by atoms with Crippen molar-refractivity contribution in [3.05, 3.63) is 76.6 Å². The first-order valence-electron chi connectivity index (χ1n) is 9.65. The number of esters is 1. The Morgan fingerprint density at radius 2 is 1.76 bits per heavy atom. The van der Waals surface area contributed by atoms with Gasteiger partial charge in [-0.2, -0.15) is 26.3 Å². The zero-order valence-electron chi connectivity index (χ0n) is 17.7. The zero-order chi connectivity index (χ0) is 25.3. The number of ether oxygens (including phenoxy) is 1. The minimum Gasteiger partial charge on any atom is -0.465 e. The van der Waals surface area contributed by atoms with Crippen LogP contribution in [0.15, 0.2) is 53.0 Å². The number of halogens is 6. The summed E-state index contributed by atoms with van der Waals surface area (Å²) in [5.41, 5.74) is -1.39. The summed E-state index contributed by atoms with van der Waals surface area (Å²) in [5, 5.41) is 2.11. The number of benzene rings is 2. The van der Waals surface area contributed by atoms with Crippen LogP contribution in [0.1, 0.15) is 38.9 Å². The second-order valence-corrected chi connectivity index (χ2v) is 7.23. The molecule has 0 aliphatic carbocycles. The number of carbonyl (C=O) groups excluding carboxylic acids is 2. The van der Waals surface area contributed by atoms with E-state index >= 15 is 0 Å². The second kappa shape index (κ2) is 9.24. The lowest BCUT2D eigenvalue weighted by atomic mass is 10.0. The second-order valence-electron chi connectivity index (χ2n) is 7.23. The highest BCUT2D eigenvalue weighted by molar-refractivity contribution is 6.05. The molecule has 3 aromatic rings. The Labute approximate surface area is 189 Å². The maximum Gasteiger partial charge on any atom is 0.416 e. The summed E-state index contributed by atoms with van der Waals surface area (Å²) < 4.78 is 89.6. The first kappa shape index (κ1) is 24.9. The maximum absolute atomic E-state index is 13.5. The molecule has 0 spiro atoms. The zero-order valence-corrected chi connectivity index (χ0v) is 17.7. The van der Waals surface area contributed by atoms with E-state index in [1.54, 1.807) is 18.3 Å². The van der Waals surface area contributed by atoms with Gasteiger partial charge in [-0.25, -0.2) is 4.79 Å². The lowest BCUT2D eigenvalue weighted by Gasteiger charge is -2.22. The Balaban J connectivity index is 1.90. The van der Waals surface area contributed by atoms with Crippen molar-refractivity contribution in [2.24, 2.45) is 0 Å². The van der Waals surface area contributed by atoms with Crippen molar-refractivity contribution in [1.29, 1.82) is 0 Å². The molecule has 180 valence electrons. The minimum absolute atomic E-state index is 0.119. The summed E-state index contributed by atoms with van der Waals surface area (Å²) in [6.07, 6.45) is -7.89. The maximum atomic E-state index is 13.5. The average molecular weight is 485 g/mol. The third kappa shape index (κ3) is 5.41. The van der Waals surface area contributed by atoms with Crippen LogP contribution in [0.5, 0.6) is 0 Å². The molecule has 3 rings (SSSR count). The van der Waals surface area contributed by atoms with Gasteiger partial charge in [-0.1, -0.05) is 18.2 Å². The van der Waals surface area contributed by atoms with Crippen molar-refractivity contribution in [3.8, 4) is 0 Å². The van der Waals surface area contributed by atoms with E-state index < -0.39 is 41.4 Å². The standard InChI is InChI=1S/C23H17F6NO4/c1-12-10-17-13(6-8-16(19(17)34-12)21(32)33-2)7-9-18(31)30-20(23(27,28)29)14-4-3-5-15(11-14)22(24,25)26/h3-11,20H,1-2H3,(H,30,31). The molecule has 0 radical (unpaired) electrons. The first-order valence-corrected chi connectivity index (χ1v) is 9.65. The highest BCUT2D eigenvalue weighted by Gasteiger charge is 2.42. The molecule has 1 atom stereocenters. The Kier molecular flexibility index (Phi) is 6.76. The number of hydrogen-bond donors (Lipinski definition) is 1. The molecule has 0 aliphatic heterocycles. The highest BCUT2D eigenvalue weighted by Crippen LogP contribution is 2.36. The molecular formula is C23H17F6NO4. The van der Waals surface area contributed by atoms with Gasteiger partial charge in [-0.3, -0.25) is 4.79 Å². The van der Waals surface area contributed by atoms with Crippen molar-refractivity contribution < 1.29 is 45.1 Å². The lowest BCUT2D eigenvalue weighted by molar-refractivity contribution is -0.162. The van der Waals surface area contributed by atoms with Crippen molar-refractivity contribution >= 4 is 28.9 Å². The van der Waals surface area contributed by atoms with Gasteiger partial charge in [-0.05, 0) is 48.4 Å². The van der Waals surface area contributed by atoms with Crippen LogP contribution in [0.25, 0.3) is 17.0 Å². The van der Waals surface area contributed by atoms with Gasteiger partial charge in [0.15, 0.2) is 6.04 Å². The van der Waals surface area contributed by atoms with E-state index in [4.69, 9.17) is 4.42 Å². The van der Waals surface area contributed by atoms with Gasteiger partial charge in [0.05, 0.1) is 12.7 Å². The van der Waals surface area contributed by atoms with E-state index in [0.29, 0.717) is 28.8 Å². The van der Waals surface area contributed by atoms with Gasteiger partial charge in [0.25, 0.3) is 0 Å². The highest BCUT2D eigenvalue weighted by atomic mass is 19.4. The van der Waals surface area contributed by atoms with Gasteiger partial charge < -0.3 is 14.5 Å². The Hall–Kier alpha value is -3.76. The van der Waals surface area contributed by atoms with Crippen molar-refractivity contribution in [2.75, 3.05) is 7.11 Å². The molecule has 0 fully saturated rings. The molecule has 1 aromatic heterocycles. The van der Waals surface area contributed by atoms with Crippen molar-refractivity contribution in [2.45, 2.75) is 25.3 Å². The van der Waals surface area contributed by atoms with E-state index in [-0.39, 0.29) is 11.1 Å². The molecule has 1 unspecified atom stereocenters. The number of rotatable bonds is 5. The van der Waals surface area contributed by atoms with Crippen molar-refractivity contribution in [1.82, 2.24) is 5.32 Å². The van der Waals surface area contributed by atoms with E-state index in [1.807, 2.05) is 0 Å². The molecule has 34 heavy (non-hydrogen) atoms. The average Bonchev–Trinajstić information content (AvgIpc) is 3.15. The normalized spacial score (nSPS) is 13.3. The Morgan fingerprint density at radius 3 is 2.38 bits per heavy atom. The largest absolute Gasteiger partial charge is 0.465 e. The number of methoxy groups -OCH3 is 1. The number of hydrogen-bond acceptors (Lipinski definition) is 4. The summed E-state index contributed by atoms with van der Waals surface area (Å²) >= 11 is 0. The molecule has 1 heterocycles. The van der Waals surface area contributed by atoms with Crippen LogP contribution in [-0.2, 0) is 15.7 Å². The van der Waals surface area contributed by atoms with Gasteiger partial charge in [-0.15, -0.1) is 0 Å². The number of carbonyl (C=O) groups is 2. The Bertz CT molecular complexity index is 1260. The molecule has 0 saturated carbocycles. The number of aryl methyl sites for hydroxylation is 1. The molecule has 1 N–H and O–H groups in total. The van der Waals surface area contributed by atoms with Crippen LogP contribution in [0.4, 0.5) is 26.3 Å².